The van der Waals surface area contributed by atoms with Crippen LogP contribution in [0.1, 0.15) is 25.5 Å². The first kappa shape index (κ1) is 11.1. The lowest BCUT2D eigenvalue weighted by molar-refractivity contribution is 0.125. The van der Waals surface area contributed by atoms with Gasteiger partial charge in [-0.05, 0) is 23.6 Å². The maximum Gasteiger partial charge on any atom is 0.123 e. The molecule has 3 N–H and O–H groups in total. The third-order valence-corrected chi connectivity index (χ3v) is 2.35. The maximum atomic E-state index is 12.6. The molecule has 0 saturated carbocycles. The minimum absolute atomic E-state index is 0.190. The SMILES string of the molecule is CC(C)C(N)C(O)c1ccc(F)cc1. The van der Waals surface area contributed by atoms with Crippen LogP contribution in [0.15, 0.2) is 24.3 Å². The van der Waals surface area contributed by atoms with Crippen LogP contribution in [-0.4, -0.2) is 11.1 Å². The lowest BCUT2D eigenvalue weighted by Crippen LogP contribution is -2.33. The Kier molecular flexibility index (Phi) is 3.61. The molecule has 0 saturated heterocycles. The van der Waals surface area contributed by atoms with Gasteiger partial charge >= 0.3 is 0 Å². The van der Waals surface area contributed by atoms with E-state index in [1.807, 2.05) is 13.8 Å². The fourth-order valence-electron chi connectivity index (χ4n) is 1.25. The second-order valence-corrected chi connectivity index (χ2v) is 3.82. The van der Waals surface area contributed by atoms with Gasteiger partial charge in [-0.2, -0.15) is 0 Å². The highest BCUT2D eigenvalue weighted by molar-refractivity contribution is 5.19. The van der Waals surface area contributed by atoms with Gasteiger partial charge in [0.2, 0.25) is 0 Å². The molecule has 0 aliphatic heterocycles. The maximum absolute atomic E-state index is 12.6. The molecule has 0 spiro atoms. The van der Waals surface area contributed by atoms with Crippen LogP contribution < -0.4 is 5.73 Å². The molecule has 2 unspecified atom stereocenters. The normalized spacial score (nSPS) is 15.6. The minimum atomic E-state index is -0.726. The lowest BCUT2D eigenvalue weighted by Gasteiger charge is -2.22. The fraction of sp³-hybridized carbons (Fsp3) is 0.455. The molecule has 0 bridgehead atoms. The van der Waals surface area contributed by atoms with E-state index in [1.54, 1.807) is 12.1 Å². The molecule has 0 radical (unpaired) electrons. The van der Waals surface area contributed by atoms with Crippen molar-refractivity contribution in [2.24, 2.45) is 11.7 Å². The molecule has 14 heavy (non-hydrogen) atoms. The summed E-state index contributed by atoms with van der Waals surface area (Å²) in [6.45, 7) is 3.88. The highest BCUT2D eigenvalue weighted by atomic mass is 19.1. The largest absolute Gasteiger partial charge is 0.387 e. The van der Waals surface area contributed by atoms with Gasteiger partial charge in [-0.15, -0.1) is 0 Å². The van der Waals surface area contributed by atoms with Gasteiger partial charge in [0.25, 0.3) is 0 Å². The molecule has 0 heterocycles. The van der Waals surface area contributed by atoms with Gasteiger partial charge in [-0.1, -0.05) is 26.0 Å². The van der Waals surface area contributed by atoms with Gasteiger partial charge < -0.3 is 10.8 Å². The first-order valence-electron chi connectivity index (χ1n) is 4.71. The van der Waals surface area contributed by atoms with Crippen molar-refractivity contribution >= 4 is 0 Å². The molecular weight excluding hydrogens is 181 g/mol. The number of aliphatic hydroxyl groups excluding tert-OH is 1. The van der Waals surface area contributed by atoms with Crippen LogP contribution in [0.5, 0.6) is 0 Å². The van der Waals surface area contributed by atoms with E-state index in [0.29, 0.717) is 5.56 Å². The Bertz CT molecular complexity index is 284. The Morgan fingerprint density at radius 2 is 1.71 bits per heavy atom. The van der Waals surface area contributed by atoms with Crippen LogP contribution >= 0.6 is 0 Å². The van der Waals surface area contributed by atoms with Gasteiger partial charge in [-0.3, -0.25) is 0 Å². The zero-order chi connectivity index (χ0) is 10.7. The van der Waals surface area contributed by atoms with Crippen LogP contribution in [0.4, 0.5) is 4.39 Å². The molecular formula is C11H16FNO. The average molecular weight is 197 g/mol. The molecule has 0 amide bonds. The zero-order valence-corrected chi connectivity index (χ0v) is 8.44. The van der Waals surface area contributed by atoms with E-state index in [-0.39, 0.29) is 17.8 Å². The number of nitrogens with two attached hydrogens (primary N) is 1. The summed E-state index contributed by atoms with van der Waals surface area (Å²) in [5.74, 6) is -0.117. The minimum Gasteiger partial charge on any atom is -0.387 e. The van der Waals surface area contributed by atoms with E-state index in [4.69, 9.17) is 5.73 Å². The van der Waals surface area contributed by atoms with Crippen molar-refractivity contribution in [3.8, 4) is 0 Å². The van der Waals surface area contributed by atoms with Crippen LogP contribution in [0.25, 0.3) is 0 Å². The number of aliphatic hydroxyl groups is 1. The van der Waals surface area contributed by atoms with Crippen LogP contribution in [0.2, 0.25) is 0 Å². The van der Waals surface area contributed by atoms with Gasteiger partial charge in [-0.25, -0.2) is 4.39 Å². The van der Waals surface area contributed by atoms with Gasteiger partial charge in [0.15, 0.2) is 0 Å². The lowest BCUT2D eigenvalue weighted by atomic mass is 9.94. The zero-order valence-electron chi connectivity index (χ0n) is 8.44. The second-order valence-electron chi connectivity index (χ2n) is 3.82. The Morgan fingerprint density at radius 3 is 2.14 bits per heavy atom. The predicted octanol–water partition coefficient (Wildman–Crippen LogP) is 1.84. The van der Waals surface area contributed by atoms with E-state index < -0.39 is 6.10 Å². The van der Waals surface area contributed by atoms with E-state index in [9.17, 15) is 9.50 Å². The topological polar surface area (TPSA) is 46.2 Å². The fourth-order valence-corrected chi connectivity index (χ4v) is 1.25. The summed E-state index contributed by atoms with van der Waals surface area (Å²) in [5.41, 5.74) is 6.45. The highest BCUT2D eigenvalue weighted by Gasteiger charge is 2.19. The third-order valence-electron chi connectivity index (χ3n) is 2.35. The van der Waals surface area contributed by atoms with Gasteiger partial charge in [0.05, 0.1) is 6.10 Å². The molecule has 3 heteroatoms. The third kappa shape index (κ3) is 2.53. The Hall–Kier alpha value is -0.930. The summed E-state index contributed by atoms with van der Waals surface area (Å²) in [5, 5.41) is 9.80. The van der Waals surface area contributed by atoms with Crippen molar-refractivity contribution in [3.63, 3.8) is 0 Å². The molecule has 1 aromatic carbocycles. The average Bonchev–Trinajstić information content (AvgIpc) is 2.16. The Balaban J connectivity index is 2.78. The number of hydrogen-bond donors (Lipinski definition) is 2. The van der Waals surface area contributed by atoms with Crippen molar-refractivity contribution < 1.29 is 9.50 Å². The number of halogens is 1. The van der Waals surface area contributed by atoms with Crippen LogP contribution in [0, 0.1) is 11.7 Å². The smallest absolute Gasteiger partial charge is 0.123 e. The Labute approximate surface area is 83.6 Å². The van der Waals surface area contributed by atoms with E-state index in [1.165, 1.54) is 12.1 Å². The van der Waals surface area contributed by atoms with Crippen molar-refractivity contribution in [2.45, 2.75) is 26.0 Å². The summed E-state index contributed by atoms with van der Waals surface area (Å²) >= 11 is 0. The molecule has 1 rings (SSSR count). The molecule has 0 aliphatic carbocycles. The quantitative estimate of drug-likeness (QED) is 0.776. The molecule has 2 nitrogen and oxygen atoms in total. The van der Waals surface area contributed by atoms with E-state index >= 15 is 0 Å². The van der Waals surface area contributed by atoms with Gasteiger partial charge in [0.1, 0.15) is 5.82 Å². The van der Waals surface area contributed by atoms with Crippen molar-refractivity contribution in [1.29, 1.82) is 0 Å². The van der Waals surface area contributed by atoms with Crippen molar-refractivity contribution in [2.75, 3.05) is 0 Å². The molecule has 0 aromatic heterocycles. The Morgan fingerprint density at radius 1 is 1.21 bits per heavy atom. The van der Waals surface area contributed by atoms with Crippen LogP contribution in [-0.2, 0) is 0 Å². The first-order chi connectivity index (χ1) is 6.52. The summed E-state index contributed by atoms with van der Waals surface area (Å²) in [6.07, 6.45) is -0.726. The summed E-state index contributed by atoms with van der Waals surface area (Å²) in [7, 11) is 0. The van der Waals surface area contributed by atoms with Crippen LogP contribution in [0.3, 0.4) is 0 Å². The van der Waals surface area contributed by atoms with E-state index in [2.05, 4.69) is 0 Å². The number of rotatable bonds is 3. The molecule has 0 fully saturated rings. The monoisotopic (exact) mass is 197 g/mol. The standard InChI is InChI=1S/C11H16FNO/c1-7(2)10(13)11(14)8-3-5-9(12)6-4-8/h3-7,10-11,14H,13H2,1-2H3. The molecule has 1 aromatic rings. The second kappa shape index (κ2) is 4.53. The van der Waals surface area contributed by atoms with Gasteiger partial charge in [0, 0.05) is 6.04 Å². The molecule has 78 valence electrons. The first-order valence-corrected chi connectivity index (χ1v) is 4.71. The van der Waals surface area contributed by atoms with Crippen molar-refractivity contribution in [3.05, 3.63) is 35.6 Å². The summed E-state index contributed by atoms with van der Waals surface area (Å²) < 4.78 is 12.6. The highest BCUT2D eigenvalue weighted by Crippen LogP contribution is 2.20. The van der Waals surface area contributed by atoms with Crippen molar-refractivity contribution in [1.82, 2.24) is 0 Å². The van der Waals surface area contributed by atoms with E-state index in [0.717, 1.165) is 0 Å². The molecule has 0 aliphatic rings. The summed E-state index contributed by atoms with van der Waals surface area (Å²) in [4.78, 5) is 0. The predicted molar refractivity (Wildman–Crippen MR) is 54.2 cm³/mol. The summed E-state index contributed by atoms with van der Waals surface area (Å²) in [6, 6.07) is 5.45. The number of hydrogen-bond acceptors (Lipinski definition) is 2. The molecule has 2 atom stereocenters. The number of benzene rings is 1.